The van der Waals surface area contributed by atoms with Gasteiger partial charge >= 0.3 is 5.97 Å². The number of carbonyl (C=O) groups excluding carboxylic acids is 1. The molecule has 0 saturated carbocycles. The molecule has 0 amide bonds. The van der Waals surface area contributed by atoms with Crippen LogP contribution < -0.4 is 24.4 Å². The van der Waals surface area contributed by atoms with Crippen molar-refractivity contribution in [1.82, 2.24) is 4.57 Å². The first-order valence-electron chi connectivity index (χ1n) is 12.2. The zero-order valence-electron chi connectivity index (χ0n) is 21.5. The summed E-state index contributed by atoms with van der Waals surface area (Å²) in [4.78, 5) is 32.6. The number of thiazole rings is 1. The lowest BCUT2D eigenvalue weighted by Crippen LogP contribution is -2.40. The van der Waals surface area contributed by atoms with Crippen molar-refractivity contribution in [3.63, 3.8) is 0 Å². The summed E-state index contributed by atoms with van der Waals surface area (Å²) in [5, 5.41) is 0. The van der Waals surface area contributed by atoms with Crippen molar-refractivity contribution in [2.24, 2.45) is 4.99 Å². The fraction of sp³-hybridized carbons (Fsp3) is 0.167. The second-order valence-corrected chi connectivity index (χ2v) is 9.60. The molecule has 0 N–H and O–H groups in total. The molecular weight excluding hydrogens is 519 g/mol. The quantitative estimate of drug-likeness (QED) is 0.328. The van der Waals surface area contributed by atoms with Crippen LogP contribution in [0.3, 0.4) is 0 Å². The van der Waals surface area contributed by atoms with E-state index in [0.717, 1.165) is 0 Å². The molecule has 9 heteroatoms. The fourth-order valence-electron chi connectivity index (χ4n) is 4.48. The minimum absolute atomic E-state index is 0.141. The van der Waals surface area contributed by atoms with E-state index in [0.29, 0.717) is 43.2 Å². The Labute approximate surface area is 227 Å². The molecule has 0 bridgehead atoms. The number of aromatic nitrogens is 1. The maximum Gasteiger partial charge on any atom is 0.338 e. The van der Waals surface area contributed by atoms with Crippen molar-refractivity contribution in [2.75, 3.05) is 20.8 Å². The van der Waals surface area contributed by atoms with Crippen LogP contribution in [-0.4, -0.2) is 31.4 Å². The smallest absolute Gasteiger partial charge is 0.338 e. The first-order valence-corrected chi connectivity index (χ1v) is 13.0. The summed E-state index contributed by atoms with van der Waals surface area (Å²) in [5.74, 6) is 0.129. The molecule has 0 saturated heterocycles. The van der Waals surface area contributed by atoms with Crippen LogP contribution in [0.15, 0.2) is 88.2 Å². The monoisotopic (exact) mass is 544 g/mol. The number of esters is 1. The van der Waals surface area contributed by atoms with E-state index in [1.807, 2.05) is 30.3 Å². The average molecular weight is 545 g/mol. The van der Waals surface area contributed by atoms with Gasteiger partial charge in [-0.1, -0.05) is 53.8 Å². The van der Waals surface area contributed by atoms with Gasteiger partial charge in [-0.2, -0.15) is 0 Å². The predicted molar refractivity (Wildman–Crippen MR) is 147 cm³/mol. The standard InChI is InChI=1S/C30H25FN2O5S/c1-4-38-29(35)25-26(18-8-6-5-7-9-18)32-30-33(27(25)19-10-13-21(31)14-11-19)28(34)24(39-30)16-20-12-15-22(36-2)17-23(20)37-3/h5-17,27H,4H2,1-3H3/t27-/m1/s1. The number of benzene rings is 3. The van der Waals surface area contributed by atoms with Crippen LogP contribution in [0.2, 0.25) is 0 Å². The first kappa shape index (κ1) is 26.1. The van der Waals surface area contributed by atoms with Crippen LogP contribution in [-0.2, 0) is 9.53 Å². The minimum Gasteiger partial charge on any atom is -0.497 e. The Balaban J connectivity index is 1.81. The molecule has 0 spiro atoms. The summed E-state index contributed by atoms with van der Waals surface area (Å²) < 4.78 is 32.0. The maximum absolute atomic E-state index is 13.9. The second-order valence-electron chi connectivity index (χ2n) is 8.59. The van der Waals surface area contributed by atoms with Crippen LogP contribution >= 0.6 is 11.3 Å². The van der Waals surface area contributed by atoms with Crippen molar-refractivity contribution in [1.29, 1.82) is 0 Å². The van der Waals surface area contributed by atoms with Crippen molar-refractivity contribution in [3.05, 3.63) is 121 Å². The molecule has 2 heterocycles. The topological polar surface area (TPSA) is 79.1 Å². The molecule has 0 fully saturated rings. The molecule has 1 atom stereocenters. The number of nitrogens with zero attached hydrogens (tertiary/aromatic N) is 2. The number of methoxy groups -OCH3 is 2. The van der Waals surface area contributed by atoms with E-state index in [1.54, 1.807) is 57.6 Å². The zero-order chi connectivity index (χ0) is 27.5. The number of hydrogen-bond donors (Lipinski definition) is 0. The molecule has 1 aromatic heterocycles. The molecule has 198 valence electrons. The van der Waals surface area contributed by atoms with Crippen LogP contribution in [0.25, 0.3) is 11.8 Å². The Kier molecular flexibility index (Phi) is 7.42. The fourth-order valence-corrected chi connectivity index (χ4v) is 5.47. The van der Waals surface area contributed by atoms with Crippen LogP contribution in [0.1, 0.15) is 29.7 Å². The summed E-state index contributed by atoms with van der Waals surface area (Å²) >= 11 is 1.19. The molecule has 0 radical (unpaired) electrons. The van der Waals surface area contributed by atoms with Crippen molar-refractivity contribution < 1.29 is 23.4 Å². The molecule has 5 rings (SSSR count). The summed E-state index contributed by atoms with van der Waals surface area (Å²) in [6, 6.07) is 19.4. The van der Waals surface area contributed by atoms with E-state index < -0.39 is 17.8 Å². The average Bonchev–Trinajstić information content (AvgIpc) is 3.27. The van der Waals surface area contributed by atoms with E-state index in [1.165, 1.54) is 28.0 Å². The summed E-state index contributed by atoms with van der Waals surface area (Å²) in [7, 11) is 3.10. The molecule has 7 nitrogen and oxygen atoms in total. The second kappa shape index (κ2) is 11.1. The summed E-state index contributed by atoms with van der Waals surface area (Å²) in [6.07, 6.45) is 1.72. The highest BCUT2D eigenvalue weighted by Crippen LogP contribution is 2.35. The SMILES string of the molecule is CCOC(=O)C1=C(c2ccccc2)N=c2sc(=Cc3ccc(OC)cc3OC)c(=O)n2[C@@H]1c1ccc(F)cc1. The number of rotatable bonds is 7. The van der Waals surface area contributed by atoms with Gasteiger partial charge in [0.1, 0.15) is 17.3 Å². The largest absolute Gasteiger partial charge is 0.497 e. The van der Waals surface area contributed by atoms with E-state index >= 15 is 0 Å². The molecule has 3 aromatic carbocycles. The highest BCUT2D eigenvalue weighted by Gasteiger charge is 2.35. The first-order chi connectivity index (χ1) is 18.9. The van der Waals surface area contributed by atoms with E-state index in [-0.39, 0.29) is 17.7 Å². The van der Waals surface area contributed by atoms with Crippen molar-refractivity contribution in [2.45, 2.75) is 13.0 Å². The summed E-state index contributed by atoms with van der Waals surface area (Å²) in [5.41, 5.74) is 2.18. The Hall–Kier alpha value is -4.50. The lowest BCUT2D eigenvalue weighted by molar-refractivity contribution is -0.138. The van der Waals surface area contributed by atoms with Gasteiger partial charge in [-0.25, -0.2) is 14.2 Å². The Morgan fingerprint density at radius 1 is 1.05 bits per heavy atom. The van der Waals surface area contributed by atoms with Crippen LogP contribution in [0, 0.1) is 5.82 Å². The molecule has 1 aliphatic heterocycles. The van der Waals surface area contributed by atoms with Gasteiger partial charge in [-0.05, 0) is 42.8 Å². The normalized spacial score (nSPS) is 15.0. The lowest BCUT2D eigenvalue weighted by atomic mass is 9.93. The highest BCUT2D eigenvalue weighted by molar-refractivity contribution is 7.07. The van der Waals surface area contributed by atoms with Gasteiger partial charge in [0, 0.05) is 17.2 Å². The van der Waals surface area contributed by atoms with Gasteiger partial charge in [0.25, 0.3) is 5.56 Å². The van der Waals surface area contributed by atoms with Crippen LogP contribution in [0.4, 0.5) is 4.39 Å². The van der Waals surface area contributed by atoms with Crippen LogP contribution in [0.5, 0.6) is 11.5 Å². The summed E-state index contributed by atoms with van der Waals surface area (Å²) in [6.45, 7) is 1.85. The number of halogens is 1. The van der Waals surface area contributed by atoms with E-state index in [9.17, 15) is 14.0 Å². The minimum atomic E-state index is -0.879. The zero-order valence-corrected chi connectivity index (χ0v) is 22.3. The van der Waals surface area contributed by atoms with E-state index in [2.05, 4.69) is 0 Å². The lowest BCUT2D eigenvalue weighted by Gasteiger charge is -2.25. The molecular formula is C30H25FN2O5S. The Morgan fingerprint density at radius 2 is 1.79 bits per heavy atom. The Bertz CT molecular complexity index is 1740. The third-order valence-electron chi connectivity index (χ3n) is 6.29. The number of fused-ring (bicyclic) bond motifs is 1. The number of ether oxygens (including phenoxy) is 3. The van der Waals surface area contributed by atoms with Gasteiger partial charge < -0.3 is 14.2 Å². The predicted octanol–water partition coefficient (Wildman–Crippen LogP) is 4.09. The molecule has 1 aliphatic rings. The van der Waals surface area contributed by atoms with Gasteiger partial charge in [0.2, 0.25) is 0 Å². The number of carbonyl (C=O) groups is 1. The van der Waals surface area contributed by atoms with Crippen molar-refractivity contribution >= 4 is 29.1 Å². The molecule has 4 aromatic rings. The van der Waals surface area contributed by atoms with E-state index in [4.69, 9.17) is 19.2 Å². The highest BCUT2D eigenvalue weighted by atomic mass is 32.1. The van der Waals surface area contributed by atoms with Gasteiger partial charge in [0.05, 0.1) is 42.7 Å². The maximum atomic E-state index is 13.9. The van der Waals surface area contributed by atoms with Gasteiger partial charge in [-0.15, -0.1) is 0 Å². The third kappa shape index (κ3) is 5.00. The van der Waals surface area contributed by atoms with Crippen molar-refractivity contribution in [3.8, 4) is 11.5 Å². The third-order valence-corrected chi connectivity index (χ3v) is 7.27. The Morgan fingerprint density at radius 3 is 2.46 bits per heavy atom. The van der Waals surface area contributed by atoms with Gasteiger partial charge in [-0.3, -0.25) is 9.36 Å². The molecule has 39 heavy (non-hydrogen) atoms. The molecule has 0 unspecified atom stereocenters. The number of hydrogen-bond acceptors (Lipinski definition) is 7. The molecule has 0 aliphatic carbocycles. The van der Waals surface area contributed by atoms with Gasteiger partial charge in [0.15, 0.2) is 4.80 Å².